The molecule has 3 heterocycles. The van der Waals surface area contributed by atoms with Gasteiger partial charge in [0, 0.05) is 44.1 Å². The van der Waals surface area contributed by atoms with Crippen molar-refractivity contribution in [1.29, 1.82) is 0 Å². The lowest BCUT2D eigenvalue weighted by Gasteiger charge is -2.32. The molecule has 0 atom stereocenters. The maximum atomic E-state index is 12.2. The molecule has 0 saturated carbocycles. The second-order valence-corrected chi connectivity index (χ2v) is 6.93. The number of rotatable bonds is 7. The molecule has 0 bridgehead atoms. The molecule has 1 N–H and O–H groups in total. The number of nitrogens with zero attached hydrogens (tertiary/aromatic N) is 4. The predicted octanol–water partition coefficient (Wildman–Crippen LogP) is 3.41. The fourth-order valence-corrected chi connectivity index (χ4v) is 3.50. The van der Waals surface area contributed by atoms with E-state index >= 15 is 0 Å². The van der Waals surface area contributed by atoms with Crippen LogP contribution in [-0.4, -0.2) is 45.1 Å². The van der Waals surface area contributed by atoms with E-state index in [1.165, 1.54) is 12.8 Å². The highest BCUT2D eigenvalue weighted by Crippen LogP contribution is 2.27. The molecule has 1 aliphatic rings. The highest BCUT2D eigenvalue weighted by Gasteiger charge is 2.26. The molecule has 0 aromatic carbocycles. The van der Waals surface area contributed by atoms with Crippen molar-refractivity contribution in [3.8, 4) is 0 Å². The number of amides is 2. The van der Waals surface area contributed by atoms with Crippen LogP contribution in [0.4, 0.5) is 4.79 Å². The monoisotopic (exact) mass is 355 g/mol. The van der Waals surface area contributed by atoms with Crippen LogP contribution in [0.25, 0.3) is 0 Å². The van der Waals surface area contributed by atoms with Gasteiger partial charge in [0.15, 0.2) is 0 Å². The normalized spacial score (nSPS) is 15.2. The molecule has 0 spiro atoms. The summed E-state index contributed by atoms with van der Waals surface area (Å²) in [6.45, 7) is 5.28. The molecule has 2 aromatic heterocycles. The van der Waals surface area contributed by atoms with Crippen molar-refractivity contribution in [3.63, 3.8) is 0 Å². The molecule has 6 nitrogen and oxygen atoms in total. The predicted molar refractivity (Wildman–Crippen MR) is 102 cm³/mol. The van der Waals surface area contributed by atoms with Crippen molar-refractivity contribution < 1.29 is 4.79 Å². The van der Waals surface area contributed by atoms with Gasteiger partial charge in [-0.1, -0.05) is 25.8 Å². The van der Waals surface area contributed by atoms with Gasteiger partial charge in [-0.15, -0.1) is 0 Å². The number of imidazole rings is 1. The summed E-state index contributed by atoms with van der Waals surface area (Å²) in [5.41, 5.74) is 1.04. The molecular weight excluding hydrogens is 326 g/mol. The quantitative estimate of drug-likeness (QED) is 0.774. The third kappa shape index (κ3) is 4.84. The van der Waals surface area contributed by atoms with Crippen LogP contribution in [0.3, 0.4) is 0 Å². The lowest BCUT2D eigenvalue weighted by molar-refractivity contribution is 0.180. The van der Waals surface area contributed by atoms with E-state index in [4.69, 9.17) is 0 Å². The Hall–Kier alpha value is -2.37. The molecule has 6 heteroatoms. The number of nitrogens with one attached hydrogen (secondary N) is 1. The second kappa shape index (κ2) is 9.36. The van der Waals surface area contributed by atoms with E-state index in [9.17, 15) is 4.79 Å². The largest absolute Gasteiger partial charge is 0.338 e. The first-order valence-electron chi connectivity index (χ1n) is 9.71. The molecule has 0 unspecified atom stereocenters. The van der Waals surface area contributed by atoms with Crippen LogP contribution < -0.4 is 5.32 Å². The first-order valence-corrected chi connectivity index (χ1v) is 9.71. The number of pyridine rings is 1. The molecule has 0 aliphatic carbocycles. The Morgan fingerprint density at radius 3 is 2.77 bits per heavy atom. The number of urea groups is 1. The third-order valence-electron chi connectivity index (χ3n) is 5.01. The summed E-state index contributed by atoms with van der Waals surface area (Å²) in [4.78, 5) is 23.2. The van der Waals surface area contributed by atoms with Crippen LogP contribution in [0.5, 0.6) is 0 Å². The molecule has 3 rings (SSSR count). The Morgan fingerprint density at radius 2 is 2.04 bits per heavy atom. The zero-order valence-corrected chi connectivity index (χ0v) is 15.6. The molecule has 2 aromatic rings. The summed E-state index contributed by atoms with van der Waals surface area (Å²) in [6.07, 6.45) is 11.0. The Balaban J connectivity index is 1.51. The number of hydrogen-bond donors (Lipinski definition) is 1. The molecule has 0 radical (unpaired) electrons. The number of piperidine rings is 1. The third-order valence-corrected chi connectivity index (χ3v) is 5.01. The van der Waals surface area contributed by atoms with E-state index in [-0.39, 0.29) is 6.03 Å². The summed E-state index contributed by atoms with van der Waals surface area (Å²) in [5.74, 6) is 1.51. The number of carbonyl (C=O) groups is 1. The minimum absolute atomic E-state index is 0.0800. The molecule has 26 heavy (non-hydrogen) atoms. The molecule has 1 fully saturated rings. The summed E-state index contributed by atoms with van der Waals surface area (Å²) < 4.78 is 2.19. The van der Waals surface area contributed by atoms with E-state index in [2.05, 4.69) is 26.8 Å². The maximum absolute atomic E-state index is 12.2. The minimum Gasteiger partial charge on any atom is -0.338 e. The van der Waals surface area contributed by atoms with Crippen molar-refractivity contribution in [1.82, 2.24) is 24.8 Å². The van der Waals surface area contributed by atoms with Gasteiger partial charge in [-0.25, -0.2) is 9.78 Å². The number of carbonyl (C=O) groups excluding carboxylic acids is 1. The fourth-order valence-electron chi connectivity index (χ4n) is 3.50. The van der Waals surface area contributed by atoms with Gasteiger partial charge in [-0.3, -0.25) is 4.98 Å². The Bertz CT molecular complexity index is 677. The Kier molecular flexibility index (Phi) is 6.63. The average Bonchev–Trinajstić information content (AvgIpc) is 3.14. The van der Waals surface area contributed by atoms with Crippen LogP contribution in [0.2, 0.25) is 0 Å². The minimum atomic E-state index is 0.0800. The second-order valence-electron chi connectivity index (χ2n) is 6.93. The lowest BCUT2D eigenvalue weighted by Crippen LogP contribution is -2.44. The van der Waals surface area contributed by atoms with Gasteiger partial charge in [0.1, 0.15) is 5.82 Å². The van der Waals surface area contributed by atoms with E-state index < -0.39 is 0 Å². The summed E-state index contributed by atoms with van der Waals surface area (Å²) in [5, 5.41) is 3.04. The summed E-state index contributed by atoms with van der Waals surface area (Å²) >= 11 is 0. The fraction of sp³-hybridized carbons (Fsp3) is 0.550. The van der Waals surface area contributed by atoms with Gasteiger partial charge in [0.05, 0.1) is 12.2 Å². The van der Waals surface area contributed by atoms with Crippen LogP contribution in [0, 0.1) is 0 Å². The van der Waals surface area contributed by atoms with Crippen LogP contribution >= 0.6 is 0 Å². The highest BCUT2D eigenvalue weighted by molar-refractivity contribution is 5.74. The van der Waals surface area contributed by atoms with E-state index in [1.807, 2.05) is 41.7 Å². The van der Waals surface area contributed by atoms with Crippen molar-refractivity contribution >= 4 is 6.03 Å². The zero-order chi connectivity index (χ0) is 18.2. The average molecular weight is 355 g/mol. The van der Waals surface area contributed by atoms with Gasteiger partial charge in [-0.05, 0) is 31.4 Å². The summed E-state index contributed by atoms with van der Waals surface area (Å²) in [7, 11) is 0. The maximum Gasteiger partial charge on any atom is 0.317 e. The van der Waals surface area contributed by atoms with E-state index in [0.29, 0.717) is 5.92 Å². The molecule has 1 saturated heterocycles. The number of hydrogen-bond acceptors (Lipinski definition) is 3. The first-order chi connectivity index (χ1) is 12.8. The van der Waals surface area contributed by atoms with Crippen molar-refractivity contribution in [2.24, 2.45) is 0 Å². The summed E-state index contributed by atoms with van der Waals surface area (Å²) in [6, 6.07) is 6.06. The van der Waals surface area contributed by atoms with Gasteiger partial charge in [0.25, 0.3) is 0 Å². The Morgan fingerprint density at radius 1 is 1.19 bits per heavy atom. The first kappa shape index (κ1) is 18.4. The van der Waals surface area contributed by atoms with Gasteiger partial charge < -0.3 is 14.8 Å². The number of likely N-dealkylation sites (tertiary alicyclic amines) is 1. The van der Waals surface area contributed by atoms with Crippen molar-refractivity contribution in [2.75, 3.05) is 19.6 Å². The SMILES string of the molecule is CCCCCNC(=O)N1CCC(c2nccn2Cc2ccccn2)CC1. The van der Waals surface area contributed by atoms with E-state index in [0.717, 1.165) is 57.0 Å². The number of aromatic nitrogens is 3. The smallest absolute Gasteiger partial charge is 0.317 e. The highest BCUT2D eigenvalue weighted by atomic mass is 16.2. The Labute approximate surface area is 155 Å². The van der Waals surface area contributed by atoms with Crippen molar-refractivity contribution in [3.05, 3.63) is 48.3 Å². The molecule has 140 valence electrons. The molecule has 1 aliphatic heterocycles. The van der Waals surface area contributed by atoms with Gasteiger partial charge in [0.2, 0.25) is 0 Å². The lowest BCUT2D eigenvalue weighted by atomic mass is 9.96. The standard InChI is InChI=1S/C20H29N5O/c1-2-3-5-11-23-20(26)24-13-8-17(9-14-24)19-22-12-15-25(19)16-18-7-4-6-10-21-18/h4,6-7,10,12,15,17H,2-3,5,8-9,11,13-14,16H2,1H3,(H,23,26). The molecule has 2 amide bonds. The molecular formula is C20H29N5O. The number of unbranched alkanes of at least 4 members (excludes halogenated alkanes) is 2. The van der Waals surface area contributed by atoms with Crippen LogP contribution in [0.15, 0.2) is 36.8 Å². The zero-order valence-electron chi connectivity index (χ0n) is 15.6. The van der Waals surface area contributed by atoms with Crippen LogP contribution in [-0.2, 0) is 6.54 Å². The topological polar surface area (TPSA) is 63.1 Å². The van der Waals surface area contributed by atoms with Crippen molar-refractivity contribution in [2.45, 2.75) is 51.5 Å². The van der Waals surface area contributed by atoms with E-state index in [1.54, 1.807) is 0 Å². The van der Waals surface area contributed by atoms with Gasteiger partial charge in [-0.2, -0.15) is 0 Å². The van der Waals surface area contributed by atoms with Gasteiger partial charge >= 0.3 is 6.03 Å². The van der Waals surface area contributed by atoms with Crippen LogP contribution in [0.1, 0.15) is 56.5 Å².